The number of carbonyl (C=O) groups excluding carboxylic acids is 4. The van der Waals surface area contributed by atoms with E-state index in [4.69, 9.17) is 4.74 Å². The van der Waals surface area contributed by atoms with Crippen molar-refractivity contribution in [3.63, 3.8) is 0 Å². The van der Waals surface area contributed by atoms with E-state index in [-0.39, 0.29) is 27.5 Å². The first-order valence-electron chi connectivity index (χ1n) is 9.66. The Bertz CT molecular complexity index is 884. The Morgan fingerprint density at radius 2 is 1.18 bits per heavy atom. The molecule has 1 aromatic rings. The number of anilines is 1. The zero-order chi connectivity index (χ0) is 26.2. The molecule has 15 heteroatoms. The number of rotatable bonds is 11. The largest absolute Gasteiger partial charge is 0.453 e. The molecular formula is C19H24I3N3O9. The summed E-state index contributed by atoms with van der Waals surface area (Å²) in [6.45, 7) is 0.349. The van der Waals surface area contributed by atoms with Gasteiger partial charge in [0.15, 0.2) is 6.10 Å². The van der Waals surface area contributed by atoms with Gasteiger partial charge in [0.2, 0.25) is 0 Å². The Morgan fingerprint density at radius 1 is 0.794 bits per heavy atom. The number of hydrogen-bond donors (Lipinski definition) is 7. The molecule has 1 atom stereocenters. The summed E-state index contributed by atoms with van der Waals surface area (Å²) in [5, 5.41) is 44.7. The van der Waals surface area contributed by atoms with Gasteiger partial charge in [-0.3, -0.25) is 19.2 Å². The molecule has 1 aromatic carbocycles. The van der Waals surface area contributed by atoms with E-state index in [9.17, 15) is 39.6 Å². The van der Waals surface area contributed by atoms with Gasteiger partial charge in [0.05, 0.1) is 62.5 Å². The van der Waals surface area contributed by atoms with Crippen LogP contribution in [0.2, 0.25) is 0 Å². The lowest BCUT2D eigenvalue weighted by Crippen LogP contribution is -2.42. The van der Waals surface area contributed by atoms with Crippen LogP contribution in [0.1, 0.15) is 34.6 Å². The van der Waals surface area contributed by atoms with Crippen LogP contribution in [0.25, 0.3) is 0 Å². The van der Waals surface area contributed by atoms with Gasteiger partial charge in [0.25, 0.3) is 17.7 Å². The molecule has 0 bridgehead atoms. The fraction of sp³-hybridized carbons (Fsp3) is 0.474. The van der Waals surface area contributed by atoms with Gasteiger partial charge < -0.3 is 41.1 Å². The molecule has 0 radical (unpaired) electrons. The van der Waals surface area contributed by atoms with Gasteiger partial charge in [-0.05, 0) is 74.7 Å². The first-order chi connectivity index (χ1) is 15.9. The normalized spacial score (nSPS) is 11.9. The number of aliphatic hydroxyl groups excluding tert-OH is 4. The molecule has 1 rings (SSSR count). The Kier molecular flexibility index (Phi) is 13.4. The summed E-state index contributed by atoms with van der Waals surface area (Å²) in [7, 11) is 0. The molecular weight excluding hydrogens is 795 g/mol. The van der Waals surface area contributed by atoms with Crippen LogP contribution >= 0.6 is 67.8 Å². The van der Waals surface area contributed by atoms with Gasteiger partial charge >= 0.3 is 5.97 Å². The molecule has 0 unspecified atom stereocenters. The molecule has 0 spiro atoms. The average molecular weight is 819 g/mol. The van der Waals surface area contributed by atoms with Crippen molar-refractivity contribution in [2.24, 2.45) is 0 Å². The summed E-state index contributed by atoms with van der Waals surface area (Å²) in [5.41, 5.74) is 0.0623. The van der Waals surface area contributed by atoms with Crippen LogP contribution in [-0.2, 0) is 14.3 Å². The van der Waals surface area contributed by atoms with Gasteiger partial charge in [-0.25, -0.2) is 0 Å². The second kappa shape index (κ2) is 14.6. The number of aliphatic hydroxyl groups is 4. The maximum absolute atomic E-state index is 13.0. The molecule has 0 aliphatic carbocycles. The maximum Gasteiger partial charge on any atom is 0.303 e. The van der Waals surface area contributed by atoms with Crippen LogP contribution < -0.4 is 16.0 Å². The van der Waals surface area contributed by atoms with Crippen LogP contribution in [0.3, 0.4) is 0 Å². The number of nitrogens with one attached hydrogen (secondary N) is 3. The Balaban J connectivity index is 3.65. The fourth-order valence-electron chi connectivity index (χ4n) is 2.51. The predicted octanol–water partition coefficient (Wildman–Crippen LogP) is -0.444. The lowest BCUT2D eigenvalue weighted by Gasteiger charge is -2.22. The third-order valence-corrected chi connectivity index (χ3v) is 7.52. The van der Waals surface area contributed by atoms with E-state index < -0.39 is 68.3 Å². The second-order valence-electron chi connectivity index (χ2n) is 6.88. The molecule has 7 N–H and O–H groups in total. The molecule has 3 amide bonds. The topological polar surface area (TPSA) is 195 Å². The minimum atomic E-state index is -1.17. The monoisotopic (exact) mass is 819 g/mol. The van der Waals surface area contributed by atoms with E-state index in [1.54, 1.807) is 22.6 Å². The molecule has 0 heterocycles. The molecule has 0 saturated carbocycles. The summed E-state index contributed by atoms with van der Waals surface area (Å²) in [5.74, 6) is -2.83. The van der Waals surface area contributed by atoms with Gasteiger partial charge in [0, 0.05) is 10.5 Å². The van der Waals surface area contributed by atoms with Gasteiger partial charge in [-0.1, -0.05) is 0 Å². The smallest absolute Gasteiger partial charge is 0.303 e. The number of halogens is 3. The van der Waals surface area contributed by atoms with Crippen LogP contribution in [0.15, 0.2) is 0 Å². The maximum atomic E-state index is 13.0. The lowest BCUT2D eigenvalue weighted by atomic mass is 10.1. The highest BCUT2D eigenvalue weighted by Gasteiger charge is 2.31. The lowest BCUT2D eigenvalue weighted by molar-refractivity contribution is -0.150. The standard InChI is InChI=1S/C19H24I3N3O9/c1-7(34-8(2)30)17(31)25-16-14(21)11(18(32)23-9(3-26)4-27)13(20)12(15(16)22)19(33)24-10(5-28)6-29/h7,9-10,26-29H,3-6H2,1-2H3,(H,23,32)(H,24,33)(H,25,31)/t7-/m0/s1. The van der Waals surface area contributed by atoms with Gasteiger partial charge in [-0.2, -0.15) is 0 Å². The van der Waals surface area contributed by atoms with Crippen LogP contribution in [0.4, 0.5) is 5.69 Å². The first kappa shape index (κ1) is 31.2. The minimum absolute atomic E-state index is 0.0151. The summed E-state index contributed by atoms with van der Waals surface area (Å²) < 4.78 is 5.57. The summed E-state index contributed by atoms with van der Waals surface area (Å²) in [4.78, 5) is 49.8. The number of amides is 3. The van der Waals surface area contributed by atoms with Crippen LogP contribution in [0, 0.1) is 10.7 Å². The fourth-order valence-corrected chi connectivity index (χ4v) is 6.93. The zero-order valence-electron chi connectivity index (χ0n) is 18.0. The number of benzene rings is 1. The summed E-state index contributed by atoms with van der Waals surface area (Å²) in [6.07, 6.45) is -1.17. The van der Waals surface area contributed by atoms with Gasteiger partial charge in [-0.15, -0.1) is 0 Å². The van der Waals surface area contributed by atoms with E-state index in [0.717, 1.165) is 6.92 Å². The van der Waals surface area contributed by atoms with Crippen molar-refractivity contribution < 1.29 is 44.3 Å². The molecule has 0 saturated heterocycles. The van der Waals surface area contributed by atoms with Crippen LogP contribution in [-0.4, -0.2) is 88.7 Å². The van der Waals surface area contributed by atoms with Gasteiger partial charge in [0.1, 0.15) is 0 Å². The van der Waals surface area contributed by atoms with Crippen LogP contribution in [0.5, 0.6) is 0 Å². The molecule has 0 aliphatic heterocycles. The summed E-state index contributed by atoms with van der Waals surface area (Å²) in [6, 6.07) is -1.93. The minimum Gasteiger partial charge on any atom is -0.453 e. The quantitative estimate of drug-likeness (QED) is 0.115. The molecule has 0 fully saturated rings. The third-order valence-electron chi connectivity index (χ3n) is 4.28. The summed E-state index contributed by atoms with van der Waals surface area (Å²) >= 11 is 5.40. The van der Waals surface area contributed by atoms with E-state index in [0.29, 0.717) is 0 Å². The Hall–Kier alpha value is -0.870. The van der Waals surface area contributed by atoms with Crippen molar-refractivity contribution in [2.75, 3.05) is 31.7 Å². The number of esters is 1. The zero-order valence-corrected chi connectivity index (χ0v) is 24.5. The average Bonchev–Trinajstić information content (AvgIpc) is 2.77. The van der Waals surface area contributed by atoms with Crippen molar-refractivity contribution in [3.8, 4) is 0 Å². The molecule has 0 aromatic heterocycles. The van der Waals surface area contributed by atoms with Crippen molar-refractivity contribution in [1.82, 2.24) is 10.6 Å². The Labute approximate surface area is 236 Å². The van der Waals surface area contributed by atoms with Crippen molar-refractivity contribution in [1.29, 1.82) is 0 Å². The van der Waals surface area contributed by atoms with Crippen molar-refractivity contribution in [3.05, 3.63) is 21.8 Å². The predicted molar refractivity (Wildman–Crippen MR) is 145 cm³/mol. The highest BCUT2D eigenvalue weighted by Crippen LogP contribution is 2.36. The first-order valence-corrected chi connectivity index (χ1v) is 12.9. The number of carbonyl (C=O) groups is 4. The van der Waals surface area contributed by atoms with E-state index in [1.165, 1.54) is 6.92 Å². The van der Waals surface area contributed by atoms with Crippen molar-refractivity contribution >= 4 is 97.2 Å². The van der Waals surface area contributed by atoms with E-state index >= 15 is 0 Å². The molecule has 34 heavy (non-hydrogen) atoms. The van der Waals surface area contributed by atoms with E-state index in [2.05, 4.69) is 16.0 Å². The highest BCUT2D eigenvalue weighted by atomic mass is 127. The van der Waals surface area contributed by atoms with E-state index in [1.807, 2.05) is 45.2 Å². The Morgan fingerprint density at radius 3 is 1.50 bits per heavy atom. The molecule has 190 valence electrons. The number of ether oxygens (including phenoxy) is 1. The van der Waals surface area contributed by atoms with Crippen molar-refractivity contribution in [2.45, 2.75) is 32.0 Å². The molecule has 0 aliphatic rings. The third kappa shape index (κ3) is 8.08. The highest BCUT2D eigenvalue weighted by molar-refractivity contribution is 14.1. The SMILES string of the molecule is CC(=O)O[C@@H](C)C(=O)Nc1c(I)c(C(=O)NC(CO)CO)c(I)c(C(=O)NC(CO)CO)c1I. The second-order valence-corrected chi connectivity index (χ2v) is 10.1. The molecule has 12 nitrogen and oxygen atoms in total. The number of hydrogen-bond acceptors (Lipinski definition) is 9.